The first-order chi connectivity index (χ1) is 10.3. The van der Waals surface area contributed by atoms with Crippen molar-refractivity contribution in [3.8, 4) is 0 Å². The van der Waals surface area contributed by atoms with Gasteiger partial charge in [-0.3, -0.25) is 19.7 Å². The normalized spacial score (nSPS) is 24.7. The molecular formula is C17H20N2O3. The van der Waals surface area contributed by atoms with E-state index >= 15 is 0 Å². The smallest absolute Gasteiger partial charge is 0.255 e. The predicted molar refractivity (Wildman–Crippen MR) is 81.2 cm³/mol. The second-order valence-corrected chi connectivity index (χ2v) is 6.57. The Hall–Kier alpha value is -2.17. The summed E-state index contributed by atoms with van der Waals surface area (Å²) in [6, 6.07) is 5.74. The third-order valence-corrected chi connectivity index (χ3v) is 4.80. The van der Waals surface area contributed by atoms with Crippen molar-refractivity contribution in [2.45, 2.75) is 51.6 Å². The summed E-state index contributed by atoms with van der Waals surface area (Å²) < 4.78 is 0. The minimum Gasteiger partial charge on any atom is -0.320 e. The molecule has 0 aliphatic carbocycles. The summed E-state index contributed by atoms with van der Waals surface area (Å²) in [6.07, 6.45) is 0.633. The van der Waals surface area contributed by atoms with Crippen LogP contribution in [0.5, 0.6) is 0 Å². The first kappa shape index (κ1) is 14.8. The summed E-state index contributed by atoms with van der Waals surface area (Å²) in [6.45, 7) is 6.36. The largest absolute Gasteiger partial charge is 0.320 e. The molecule has 1 aromatic carbocycles. The zero-order chi connectivity index (χ0) is 16.1. The van der Waals surface area contributed by atoms with Crippen molar-refractivity contribution < 1.29 is 14.4 Å². The van der Waals surface area contributed by atoms with E-state index in [0.717, 1.165) is 11.1 Å². The SMILES string of the molecule is CC(C)c1cccc2c1CN(C1(C)CCC(=O)NC1=O)C2=O. The highest BCUT2D eigenvalue weighted by atomic mass is 16.2. The molecule has 2 aliphatic rings. The number of nitrogens with one attached hydrogen (secondary N) is 1. The van der Waals surface area contributed by atoms with E-state index in [4.69, 9.17) is 0 Å². The van der Waals surface area contributed by atoms with Crippen LogP contribution in [0, 0.1) is 0 Å². The van der Waals surface area contributed by atoms with Gasteiger partial charge in [0.25, 0.3) is 11.8 Å². The van der Waals surface area contributed by atoms with Crippen LogP contribution in [0.15, 0.2) is 18.2 Å². The molecule has 3 amide bonds. The number of fused-ring (bicyclic) bond motifs is 1. The van der Waals surface area contributed by atoms with Crippen LogP contribution in [0.2, 0.25) is 0 Å². The monoisotopic (exact) mass is 300 g/mol. The van der Waals surface area contributed by atoms with Crippen LogP contribution in [0.4, 0.5) is 0 Å². The maximum Gasteiger partial charge on any atom is 0.255 e. The van der Waals surface area contributed by atoms with Gasteiger partial charge in [0, 0.05) is 18.5 Å². The molecule has 1 atom stereocenters. The molecule has 0 radical (unpaired) electrons. The maximum atomic E-state index is 12.8. The molecule has 1 N–H and O–H groups in total. The number of imide groups is 1. The molecule has 0 aromatic heterocycles. The number of carbonyl (C=O) groups is 3. The van der Waals surface area contributed by atoms with Crippen molar-refractivity contribution in [2.24, 2.45) is 0 Å². The molecule has 0 saturated carbocycles. The lowest BCUT2D eigenvalue weighted by Gasteiger charge is -2.39. The van der Waals surface area contributed by atoms with Crippen molar-refractivity contribution in [2.75, 3.05) is 0 Å². The van der Waals surface area contributed by atoms with Gasteiger partial charge in [-0.05, 0) is 36.5 Å². The lowest BCUT2D eigenvalue weighted by atomic mass is 9.89. The molecule has 2 heterocycles. The fourth-order valence-corrected chi connectivity index (χ4v) is 3.35. The van der Waals surface area contributed by atoms with E-state index in [1.165, 1.54) is 0 Å². The molecule has 1 unspecified atom stereocenters. The number of benzene rings is 1. The summed E-state index contributed by atoms with van der Waals surface area (Å²) in [7, 11) is 0. The van der Waals surface area contributed by atoms with Crippen LogP contribution in [0.1, 0.15) is 61.0 Å². The van der Waals surface area contributed by atoms with Crippen molar-refractivity contribution in [3.05, 3.63) is 34.9 Å². The van der Waals surface area contributed by atoms with Crippen molar-refractivity contribution in [1.29, 1.82) is 0 Å². The minimum atomic E-state index is -0.960. The second-order valence-electron chi connectivity index (χ2n) is 6.57. The van der Waals surface area contributed by atoms with E-state index in [2.05, 4.69) is 19.2 Å². The predicted octanol–water partition coefficient (Wildman–Crippen LogP) is 1.96. The number of hydrogen-bond acceptors (Lipinski definition) is 3. The molecule has 0 spiro atoms. The first-order valence-corrected chi connectivity index (χ1v) is 7.62. The lowest BCUT2D eigenvalue weighted by molar-refractivity contribution is -0.142. The van der Waals surface area contributed by atoms with Crippen LogP contribution < -0.4 is 5.32 Å². The average Bonchev–Trinajstić information content (AvgIpc) is 2.81. The van der Waals surface area contributed by atoms with E-state index in [1.54, 1.807) is 11.8 Å². The summed E-state index contributed by atoms with van der Waals surface area (Å²) in [5.41, 5.74) is 1.87. The molecule has 1 aromatic rings. The zero-order valence-corrected chi connectivity index (χ0v) is 13.1. The molecule has 0 bridgehead atoms. The highest BCUT2D eigenvalue weighted by Crippen LogP contribution is 2.36. The van der Waals surface area contributed by atoms with Gasteiger partial charge < -0.3 is 4.90 Å². The van der Waals surface area contributed by atoms with E-state index < -0.39 is 5.54 Å². The molecule has 2 aliphatic heterocycles. The third kappa shape index (κ3) is 2.03. The number of nitrogens with zero attached hydrogens (tertiary/aromatic N) is 1. The van der Waals surface area contributed by atoms with Crippen molar-refractivity contribution in [1.82, 2.24) is 10.2 Å². The molecule has 1 fully saturated rings. The zero-order valence-electron chi connectivity index (χ0n) is 13.1. The van der Waals surface area contributed by atoms with Crippen molar-refractivity contribution >= 4 is 17.7 Å². The van der Waals surface area contributed by atoms with Gasteiger partial charge in [-0.1, -0.05) is 26.0 Å². The van der Waals surface area contributed by atoms with Gasteiger partial charge in [0.1, 0.15) is 5.54 Å². The van der Waals surface area contributed by atoms with Crippen LogP contribution in [-0.4, -0.2) is 28.2 Å². The number of carbonyl (C=O) groups excluding carboxylic acids is 3. The Labute approximate surface area is 129 Å². The summed E-state index contributed by atoms with van der Waals surface area (Å²) in [5.74, 6) is -0.452. The Balaban J connectivity index is 1.99. The number of piperidine rings is 1. The molecule has 5 heteroatoms. The van der Waals surface area contributed by atoms with Gasteiger partial charge in [0.15, 0.2) is 0 Å². The Morgan fingerprint density at radius 1 is 1.23 bits per heavy atom. The van der Waals surface area contributed by atoms with Gasteiger partial charge >= 0.3 is 0 Å². The van der Waals surface area contributed by atoms with Gasteiger partial charge in [0.05, 0.1) is 0 Å². The summed E-state index contributed by atoms with van der Waals surface area (Å²) >= 11 is 0. The van der Waals surface area contributed by atoms with Crippen LogP contribution >= 0.6 is 0 Å². The van der Waals surface area contributed by atoms with Crippen LogP contribution in [-0.2, 0) is 16.1 Å². The third-order valence-electron chi connectivity index (χ3n) is 4.80. The number of amides is 3. The summed E-state index contributed by atoms with van der Waals surface area (Å²) in [4.78, 5) is 38.1. The second kappa shape index (κ2) is 4.93. The Morgan fingerprint density at radius 2 is 1.95 bits per heavy atom. The standard InChI is InChI=1S/C17H20N2O3/c1-10(2)11-5-4-6-12-13(11)9-19(15(12)21)17(3)8-7-14(20)18-16(17)22/h4-6,10H,7-9H2,1-3H3,(H,18,20,22). The van der Waals surface area contributed by atoms with E-state index in [9.17, 15) is 14.4 Å². The van der Waals surface area contributed by atoms with Gasteiger partial charge in [-0.25, -0.2) is 0 Å². The number of rotatable bonds is 2. The van der Waals surface area contributed by atoms with Gasteiger partial charge in [-0.15, -0.1) is 0 Å². The average molecular weight is 300 g/mol. The topological polar surface area (TPSA) is 66.5 Å². The number of hydrogen-bond donors (Lipinski definition) is 1. The molecule has 5 nitrogen and oxygen atoms in total. The highest BCUT2D eigenvalue weighted by molar-refractivity contribution is 6.07. The van der Waals surface area contributed by atoms with E-state index in [1.807, 2.05) is 18.2 Å². The Kier molecular flexibility index (Phi) is 3.31. The Morgan fingerprint density at radius 3 is 2.59 bits per heavy atom. The van der Waals surface area contributed by atoms with E-state index in [-0.39, 0.29) is 24.1 Å². The van der Waals surface area contributed by atoms with Crippen LogP contribution in [0.3, 0.4) is 0 Å². The van der Waals surface area contributed by atoms with Crippen LogP contribution in [0.25, 0.3) is 0 Å². The molecule has 116 valence electrons. The van der Waals surface area contributed by atoms with E-state index in [0.29, 0.717) is 24.4 Å². The van der Waals surface area contributed by atoms with Gasteiger partial charge in [0.2, 0.25) is 5.91 Å². The first-order valence-electron chi connectivity index (χ1n) is 7.62. The highest BCUT2D eigenvalue weighted by Gasteiger charge is 2.48. The molecular weight excluding hydrogens is 280 g/mol. The minimum absolute atomic E-state index is 0.121. The lowest BCUT2D eigenvalue weighted by Crippen LogP contribution is -2.61. The molecule has 22 heavy (non-hydrogen) atoms. The fraction of sp³-hybridized carbons (Fsp3) is 0.471. The maximum absolute atomic E-state index is 12.8. The van der Waals surface area contributed by atoms with Crippen molar-refractivity contribution in [3.63, 3.8) is 0 Å². The quantitative estimate of drug-likeness (QED) is 0.849. The molecule has 1 saturated heterocycles. The van der Waals surface area contributed by atoms with Gasteiger partial charge in [-0.2, -0.15) is 0 Å². The molecule has 3 rings (SSSR count). The fourth-order valence-electron chi connectivity index (χ4n) is 3.35. The Bertz CT molecular complexity index is 680. The summed E-state index contributed by atoms with van der Waals surface area (Å²) in [5, 5.41) is 2.36.